The third kappa shape index (κ3) is 2.73. The van der Waals surface area contributed by atoms with Gasteiger partial charge in [0.15, 0.2) is 0 Å². The highest BCUT2D eigenvalue weighted by molar-refractivity contribution is 6.18. The molecule has 0 spiro atoms. The summed E-state index contributed by atoms with van der Waals surface area (Å²) in [4.78, 5) is 17.4. The van der Waals surface area contributed by atoms with Crippen LogP contribution in [0.4, 0.5) is 4.39 Å². The average Bonchev–Trinajstić information content (AvgIpc) is 2.38. The molecule has 0 radical (unpaired) electrons. The van der Waals surface area contributed by atoms with Crippen molar-refractivity contribution in [3.63, 3.8) is 0 Å². The third-order valence-corrected chi connectivity index (χ3v) is 2.97. The Balaban J connectivity index is 2.18. The van der Waals surface area contributed by atoms with Crippen LogP contribution in [-0.4, -0.2) is 47.5 Å². The van der Waals surface area contributed by atoms with Crippen LogP contribution >= 0.6 is 11.6 Å². The molecule has 1 unspecified atom stereocenters. The average molecular weight is 259 g/mol. The van der Waals surface area contributed by atoms with Crippen LogP contribution in [0.2, 0.25) is 0 Å². The highest BCUT2D eigenvalue weighted by Crippen LogP contribution is 2.13. The summed E-state index contributed by atoms with van der Waals surface area (Å²) < 4.78 is 18.2. The summed E-state index contributed by atoms with van der Waals surface area (Å²) in [5.74, 6) is -0.480. The molecular formula is C11H12ClFN2O2. The minimum absolute atomic E-state index is 0.166. The second-order valence-electron chi connectivity index (χ2n) is 3.77. The first-order chi connectivity index (χ1) is 8.22. The van der Waals surface area contributed by atoms with Crippen LogP contribution in [0.3, 0.4) is 0 Å². The zero-order valence-corrected chi connectivity index (χ0v) is 9.86. The molecule has 0 aromatic carbocycles. The van der Waals surface area contributed by atoms with Crippen molar-refractivity contribution in [3.8, 4) is 0 Å². The second kappa shape index (κ2) is 5.42. The lowest BCUT2D eigenvalue weighted by molar-refractivity contribution is 0.00451. The molecule has 92 valence electrons. The fraction of sp³-hybridized carbons (Fsp3) is 0.455. The number of hydrogen-bond donors (Lipinski definition) is 0. The van der Waals surface area contributed by atoms with E-state index in [1.807, 2.05) is 0 Å². The number of amides is 1. The minimum atomic E-state index is -0.522. The van der Waals surface area contributed by atoms with E-state index in [0.717, 1.165) is 6.20 Å². The molecule has 1 amide bonds. The Kier molecular flexibility index (Phi) is 3.91. The molecule has 2 heterocycles. The molecule has 0 saturated carbocycles. The van der Waals surface area contributed by atoms with E-state index in [-0.39, 0.29) is 17.5 Å². The maximum absolute atomic E-state index is 13.0. The van der Waals surface area contributed by atoms with E-state index in [0.29, 0.717) is 25.6 Å². The number of pyridine rings is 1. The number of nitrogens with zero attached hydrogens (tertiary/aromatic N) is 2. The summed E-state index contributed by atoms with van der Waals surface area (Å²) in [7, 11) is 0. The Hall–Kier alpha value is -1.20. The van der Waals surface area contributed by atoms with E-state index in [1.54, 1.807) is 4.90 Å². The fourth-order valence-electron chi connectivity index (χ4n) is 1.74. The number of hydrogen-bond acceptors (Lipinski definition) is 3. The predicted molar refractivity (Wildman–Crippen MR) is 60.6 cm³/mol. The summed E-state index contributed by atoms with van der Waals surface area (Å²) >= 11 is 5.77. The number of rotatable bonds is 2. The molecule has 1 aromatic heterocycles. The molecule has 1 saturated heterocycles. The van der Waals surface area contributed by atoms with Crippen molar-refractivity contribution in [1.82, 2.24) is 9.88 Å². The number of morpholine rings is 1. The lowest BCUT2D eigenvalue weighted by Gasteiger charge is -2.34. The first-order valence-corrected chi connectivity index (χ1v) is 5.81. The first kappa shape index (κ1) is 12.3. The van der Waals surface area contributed by atoms with Crippen LogP contribution in [-0.2, 0) is 4.74 Å². The molecule has 6 heteroatoms. The monoisotopic (exact) mass is 258 g/mol. The Morgan fingerprint density at radius 2 is 2.47 bits per heavy atom. The maximum atomic E-state index is 13.0. The third-order valence-electron chi connectivity index (χ3n) is 2.62. The van der Waals surface area contributed by atoms with Gasteiger partial charge in [-0.1, -0.05) is 0 Å². The molecule has 0 aliphatic carbocycles. The summed E-state index contributed by atoms with van der Waals surface area (Å²) in [6.07, 6.45) is 2.42. The van der Waals surface area contributed by atoms with E-state index in [9.17, 15) is 9.18 Å². The molecule has 1 fully saturated rings. The van der Waals surface area contributed by atoms with E-state index in [1.165, 1.54) is 12.3 Å². The van der Waals surface area contributed by atoms with Gasteiger partial charge in [-0.15, -0.1) is 11.6 Å². The lowest BCUT2D eigenvalue weighted by atomic mass is 10.2. The van der Waals surface area contributed by atoms with Crippen LogP contribution < -0.4 is 0 Å². The van der Waals surface area contributed by atoms with E-state index in [2.05, 4.69) is 4.98 Å². The van der Waals surface area contributed by atoms with E-state index >= 15 is 0 Å². The van der Waals surface area contributed by atoms with Gasteiger partial charge in [-0.2, -0.15) is 0 Å². The van der Waals surface area contributed by atoms with Crippen molar-refractivity contribution in [2.75, 3.05) is 25.6 Å². The van der Waals surface area contributed by atoms with Crippen molar-refractivity contribution >= 4 is 17.5 Å². The number of halogens is 2. The van der Waals surface area contributed by atoms with Crippen molar-refractivity contribution in [1.29, 1.82) is 0 Å². The van der Waals surface area contributed by atoms with Gasteiger partial charge < -0.3 is 9.64 Å². The lowest BCUT2D eigenvalue weighted by Crippen LogP contribution is -2.49. The molecular weight excluding hydrogens is 247 g/mol. The Morgan fingerprint density at radius 1 is 1.65 bits per heavy atom. The second-order valence-corrected chi connectivity index (χ2v) is 4.08. The van der Waals surface area contributed by atoms with Crippen molar-refractivity contribution in [3.05, 3.63) is 29.8 Å². The molecule has 0 bridgehead atoms. The zero-order chi connectivity index (χ0) is 12.3. The molecule has 1 aliphatic heterocycles. The first-order valence-electron chi connectivity index (χ1n) is 5.27. The molecule has 2 rings (SSSR count). The largest absolute Gasteiger partial charge is 0.377 e. The van der Waals surface area contributed by atoms with Crippen molar-refractivity contribution in [2.24, 2.45) is 0 Å². The summed E-state index contributed by atoms with van der Waals surface area (Å²) in [5, 5.41) is 0. The van der Waals surface area contributed by atoms with Gasteiger partial charge in [0.05, 0.1) is 31.0 Å². The van der Waals surface area contributed by atoms with Crippen LogP contribution in [0, 0.1) is 5.82 Å². The van der Waals surface area contributed by atoms with Gasteiger partial charge in [0.25, 0.3) is 5.91 Å². The summed E-state index contributed by atoms with van der Waals surface area (Å²) in [6.45, 7) is 1.35. The van der Waals surface area contributed by atoms with Gasteiger partial charge in [-0.25, -0.2) is 4.39 Å². The Morgan fingerprint density at radius 3 is 3.18 bits per heavy atom. The number of aromatic nitrogens is 1. The normalized spacial score (nSPS) is 20.4. The molecule has 0 N–H and O–H groups in total. The van der Waals surface area contributed by atoms with Crippen LogP contribution in [0.15, 0.2) is 18.5 Å². The Bertz CT molecular complexity index is 416. The van der Waals surface area contributed by atoms with Gasteiger partial charge in [-0.05, 0) is 6.07 Å². The van der Waals surface area contributed by atoms with Gasteiger partial charge in [0.2, 0.25) is 0 Å². The molecule has 1 aliphatic rings. The van der Waals surface area contributed by atoms with Crippen LogP contribution in [0.5, 0.6) is 0 Å². The fourth-order valence-corrected chi connectivity index (χ4v) is 2.00. The number of ether oxygens (including phenoxy) is 1. The number of alkyl halides is 1. The maximum Gasteiger partial charge on any atom is 0.255 e. The quantitative estimate of drug-likeness (QED) is 0.751. The summed E-state index contributed by atoms with van der Waals surface area (Å²) in [6, 6.07) is 1.01. The molecule has 1 atom stereocenters. The molecule has 17 heavy (non-hydrogen) atoms. The molecule has 1 aromatic rings. The number of carbonyl (C=O) groups excluding carboxylic acids is 1. The number of carbonyl (C=O) groups is 1. The van der Waals surface area contributed by atoms with E-state index < -0.39 is 5.82 Å². The van der Waals surface area contributed by atoms with Gasteiger partial charge in [0.1, 0.15) is 5.82 Å². The highest BCUT2D eigenvalue weighted by Gasteiger charge is 2.27. The highest BCUT2D eigenvalue weighted by atomic mass is 35.5. The van der Waals surface area contributed by atoms with Crippen molar-refractivity contribution < 1.29 is 13.9 Å². The van der Waals surface area contributed by atoms with Gasteiger partial charge in [-0.3, -0.25) is 9.78 Å². The van der Waals surface area contributed by atoms with Crippen LogP contribution in [0.25, 0.3) is 0 Å². The smallest absolute Gasteiger partial charge is 0.255 e. The SMILES string of the molecule is O=C(c1cncc(F)c1)N1CCOCC1CCl. The summed E-state index contributed by atoms with van der Waals surface area (Å²) in [5.41, 5.74) is 0.238. The van der Waals surface area contributed by atoms with E-state index in [4.69, 9.17) is 16.3 Å². The standard InChI is InChI=1S/C11H12ClFN2O2/c12-4-10-7-17-2-1-15(10)11(16)8-3-9(13)6-14-5-8/h3,5-6,10H,1-2,4,7H2. The zero-order valence-electron chi connectivity index (χ0n) is 9.10. The van der Waals surface area contributed by atoms with Crippen LogP contribution in [0.1, 0.15) is 10.4 Å². The van der Waals surface area contributed by atoms with Crippen molar-refractivity contribution in [2.45, 2.75) is 6.04 Å². The Labute approximate surface area is 103 Å². The predicted octanol–water partition coefficient (Wildman–Crippen LogP) is 1.30. The minimum Gasteiger partial charge on any atom is -0.377 e. The topological polar surface area (TPSA) is 42.4 Å². The van der Waals surface area contributed by atoms with Gasteiger partial charge >= 0.3 is 0 Å². The molecule has 4 nitrogen and oxygen atoms in total. The van der Waals surface area contributed by atoms with Gasteiger partial charge in [0, 0.05) is 18.6 Å².